The molecule has 0 bridgehead atoms. The summed E-state index contributed by atoms with van der Waals surface area (Å²) in [5.74, 6) is -1.28. The molecule has 0 fully saturated rings. The van der Waals surface area contributed by atoms with E-state index in [1.54, 1.807) is 30.3 Å². The van der Waals surface area contributed by atoms with Gasteiger partial charge in [-0.15, -0.1) is 0 Å². The van der Waals surface area contributed by atoms with Crippen molar-refractivity contribution in [1.82, 2.24) is 5.32 Å². The number of carbonyl (C=O) groups excluding carboxylic acids is 1. The maximum atomic E-state index is 10.7. The van der Waals surface area contributed by atoms with Crippen LogP contribution >= 0.6 is 0 Å². The fourth-order valence-corrected chi connectivity index (χ4v) is 1.21. The van der Waals surface area contributed by atoms with Gasteiger partial charge in [0, 0.05) is 0 Å². The van der Waals surface area contributed by atoms with E-state index in [1.165, 1.54) is 0 Å². The average Bonchev–Trinajstić information content (AvgIpc) is 2.26. The van der Waals surface area contributed by atoms with Crippen molar-refractivity contribution in [2.24, 2.45) is 0 Å². The van der Waals surface area contributed by atoms with E-state index in [2.05, 4.69) is 5.32 Å². The number of carboxylic acids is 1. The average molecular weight is 209 g/mol. The molecular weight excluding hydrogens is 198 g/mol. The number of hydrogen-bond donors (Lipinski definition) is 3. The van der Waals surface area contributed by atoms with Gasteiger partial charge < -0.3 is 15.5 Å². The molecule has 0 radical (unpaired) electrons. The molecule has 15 heavy (non-hydrogen) atoms. The highest BCUT2D eigenvalue weighted by atomic mass is 16.4. The van der Waals surface area contributed by atoms with Crippen LogP contribution in [0.5, 0.6) is 0 Å². The first-order valence-electron chi connectivity index (χ1n) is 4.32. The summed E-state index contributed by atoms with van der Waals surface area (Å²) in [4.78, 5) is 20.9. The first-order chi connectivity index (χ1) is 7.16. The molecule has 0 heterocycles. The fourth-order valence-electron chi connectivity index (χ4n) is 1.21. The second-order valence-electron chi connectivity index (χ2n) is 2.96. The number of benzene rings is 1. The number of rotatable bonds is 5. The van der Waals surface area contributed by atoms with E-state index in [-0.39, 0.29) is 6.41 Å². The molecule has 1 aromatic rings. The number of aliphatic hydroxyl groups is 1. The molecule has 5 nitrogen and oxygen atoms in total. The molecule has 0 spiro atoms. The molecular formula is C10H11NO4. The molecule has 0 aliphatic carbocycles. The summed E-state index contributed by atoms with van der Waals surface area (Å²) in [6, 6.07) is 6.96. The number of amides is 1. The molecule has 2 atom stereocenters. The Labute approximate surface area is 86.4 Å². The highest BCUT2D eigenvalue weighted by molar-refractivity contribution is 5.77. The van der Waals surface area contributed by atoms with Gasteiger partial charge in [0.05, 0.1) is 0 Å². The van der Waals surface area contributed by atoms with E-state index >= 15 is 0 Å². The fraction of sp³-hybridized carbons (Fsp3) is 0.200. The zero-order valence-corrected chi connectivity index (χ0v) is 7.83. The van der Waals surface area contributed by atoms with E-state index in [9.17, 15) is 14.7 Å². The van der Waals surface area contributed by atoms with Gasteiger partial charge in [0.25, 0.3) is 0 Å². The van der Waals surface area contributed by atoms with Crippen LogP contribution < -0.4 is 5.32 Å². The number of hydrogen-bond acceptors (Lipinski definition) is 3. The van der Waals surface area contributed by atoms with Crippen LogP contribution in [0.15, 0.2) is 30.3 Å². The van der Waals surface area contributed by atoms with Crippen molar-refractivity contribution in [3.63, 3.8) is 0 Å². The smallest absolute Gasteiger partial charge is 0.329 e. The molecule has 1 amide bonds. The first kappa shape index (κ1) is 11.2. The largest absolute Gasteiger partial charge is 0.480 e. The predicted octanol–water partition coefficient (Wildman–Crippen LogP) is -0.0808. The highest BCUT2D eigenvalue weighted by Gasteiger charge is 2.26. The highest BCUT2D eigenvalue weighted by Crippen LogP contribution is 2.16. The van der Waals surface area contributed by atoms with Gasteiger partial charge >= 0.3 is 5.97 Å². The maximum Gasteiger partial charge on any atom is 0.329 e. The second-order valence-corrected chi connectivity index (χ2v) is 2.96. The van der Waals surface area contributed by atoms with Crippen LogP contribution in [0.25, 0.3) is 0 Å². The van der Waals surface area contributed by atoms with Crippen molar-refractivity contribution < 1.29 is 19.8 Å². The number of aliphatic carboxylic acids is 1. The summed E-state index contributed by atoms with van der Waals surface area (Å²) in [5, 5.41) is 20.5. The standard InChI is InChI=1S/C10H11NO4/c12-6-11-8(10(14)15)9(13)7-4-2-1-3-5-7/h1-6,8-9,13H,(H,11,12)(H,14,15)/t8-,9+/m0/s1. The minimum atomic E-state index is -1.33. The molecule has 0 unspecified atom stereocenters. The van der Waals surface area contributed by atoms with E-state index in [4.69, 9.17) is 5.11 Å². The Bertz CT molecular complexity index is 339. The molecule has 0 aromatic heterocycles. The lowest BCUT2D eigenvalue weighted by Gasteiger charge is -2.18. The third-order valence-electron chi connectivity index (χ3n) is 1.97. The van der Waals surface area contributed by atoms with Crippen molar-refractivity contribution in [1.29, 1.82) is 0 Å². The van der Waals surface area contributed by atoms with E-state index < -0.39 is 18.1 Å². The summed E-state index contributed by atoms with van der Waals surface area (Å²) in [6.45, 7) is 0. The summed E-state index contributed by atoms with van der Waals surface area (Å²) < 4.78 is 0. The third-order valence-corrected chi connectivity index (χ3v) is 1.97. The molecule has 0 aliphatic rings. The quantitative estimate of drug-likeness (QED) is 0.592. The monoisotopic (exact) mass is 209 g/mol. The molecule has 1 rings (SSSR count). The van der Waals surface area contributed by atoms with Crippen LogP contribution in [0, 0.1) is 0 Å². The SMILES string of the molecule is O=CN[C@H](C(=O)O)[C@H](O)c1ccccc1. The number of carbonyl (C=O) groups is 2. The summed E-state index contributed by atoms with van der Waals surface area (Å²) >= 11 is 0. The molecule has 0 saturated heterocycles. The second kappa shape index (κ2) is 5.11. The van der Waals surface area contributed by atoms with Crippen molar-refractivity contribution in [2.75, 3.05) is 0 Å². The van der Waals surface area contributed by atoms with Crippen molar-refractivity contribution in [3.05, 3.63) is 35.9 Å². The van der Waals surface area contributed by atoms with Gasteiger partial charge in [-0.25, -0.2) is 4.79 Å². The Morgan fingerprint density at radius 3 is 2.40 bits per heavy atom. The van der Waals surface area contributed by atoms with Gasteiger partial charge in [0.15, 0.2) is 6.04 Å². The molecule has 5 heteroatoms. The molecule has 3 N–H and O–H groups in total. The van der Waals surface area contributed by atoms with Crippen LogP contribution in [0.2, 0.25) is 0 Å². The lowest BCUT2D eigenvalue weighted by Crippen LogP contribution is -2.40. The number of aliphatic hydroxyl groups excluding tert-OH is 1. The lowest BCUT2D eigenvalue weighted by molar-refractivity contribution is -0.143. The van der Waals surface area contributed by atoms with Crippen LogP contribution in [-0.4, -0.2) is 28.6 Å². The van der Waals surface area contributed by atoms with Crippen molar-refractivity contribution in [3.8, 4) is 0 Å². The summed E-state index contributed by atoms with van der Waals surface area (Å²) in [6.07, 6.45) is -1.00. The Morgan fingerprint density at radius 1 is 1.33 bits per heavy atom. The van der Waals surface area contributed by atoms with Gasteiger partial charge in [-0.2, -0.15) is 0 Å². The van der Waals surface area contributed by atoms with E-state index in [1.807, 2.05) is 0 Å². The molecule has 1 aromatic carbocycles. The van der Waals surface area contributed by atoms with Crippen LogP contribution in [0.1, 0.15) is 11.7 Å². The van der Waals surface area contributed by atoms with Crippen LogP contribution in [-0.2, 0) is 9.59 Å². The van der Waals surface area contributed by atoms with Crippen molar-refractivity contribution in [2.45, 2.75) is 12.1 Å². The van der Waals surface area contributed by atoms with Gasteiger partial charge in [-0.1, -0.05) is 30.3 Å². The van der Waals surface area contributed by atoms with Gasteiger partial charge in [0.1, 0.15) is 6.10 Å². The van der Waals surface area contributed by atoms with Crippen LogP contribution in [0.3, 0.4) is 0 Å². The van der Waals surface area contributed by atoms with Gasteiger partial charge in [-0.3, -0.25) is 4.79 Å². The topological polar surface area (TPSA) is 86.6 Å². The normalized spacial score (nSPS) is 13.9. The maximum absolute atomic E-state index is 10.7. The zero-order chi connectivity index (χ0) is 11.3. The first-order valence-corrected chi connectivity index (χ1v) is 4.32. The minimum Gasteiger partial charge on any atom is -0.480 e. The number of nitrogens with one attached hydrogen (secondary N) is 1. The minimum absolute atomic E-state index is 0.255. The van der Waals surface area contributed by atoms with Crippen LogP contribution in [0.4, 0.5) is 0 Å². The van der Waals surface area contributed by atoms with Crippen molar-refractivity contribution >= 4 is 12.4 Å². The van der Waals surface area contributed by atoms with Gasteiger partial charge in [0.2, 0.25) is 6.41 Å². The zero-order valence-electron chi connectivity index (χ0n) is 7.83. The predicted molar refractivity (Wildman–Crippen MR) is 52.0 cm³/mol. The third kappa shape index (κ3) is 2.78. The van der Waals surface area contributed by atoms with E-state index in [0.29, 0.717) is 5.56 Å². The molecule has 0 saturated carbocycles. The molecule has 0 aliphatic heterocycles. The Hall–Kier alpha value is -1.88. The van der Waals surface area contributed by atoms with E-state index in [0.717, 1.165) is 0 Å². The Morgan fingerprint density at radius 2 is 1.93 bits per heavy atom. The Balaban J connectivity index is 2.85. The lowest BCUT2D eigenvalue weighted by atomic mass is 10.0. The Kier molecular flexibility index (Phi) is 3.82. The molecule has 80 valence electrons. The number of carboxylic acid groups (broad SMARTS) is 1. The van der Waals surface area contributed by atoms with Gasteiger partial charge in [-0.05, 0) is 5.56 Å². The summed E-state index contributed by atoms with van der Waals surface area (Å²) in [7, 11) is 0. The summed E-state index contributed by atoms with van der Waals surface area (Å²) in [5.41, 5.74) is 0.444.